The first-order valence-electron chi connectivity index (χ1n) is 6.26. The number of nitrogens with two attached hydrogens (primary N) is 1. The SMILES string of the molecule is C[C@H]1/C=C/CCSC2OC(C(O)C(O)C2O)[C@@H]1N. The Hall–Kier alpha value is -0.110. The molecule has 0 radical (unpaired) electrons. The van der Waals surface area contributed by atoms with Gasteiger partial charge in [-0.2, -0.15) is 0 Å². The Morgan fingerprint density at radius 1 is 1.22 bits per heavy atom. The third kappa shape index (κ3) is 2.74. The molecule has 0 aliphatic carbocycles. The molecular weight excluding hydrogens is 254 g/mol. The van der Waals surface area contributed by atoms with Crippen LogP contribution in [0.5, 0.6) is 0 Å². The van der Waals surface area contributed by atoms with Crippen molar-refractivity contribution in [1.82, 2.24) is 0 Å². The fourth-order valence-corrected chi connectivity index (χ4v) is 3.39. The second kappa shape index (κ2) is 5.90. The molecule has 18 heavy (non-hydrogen) atoms. The first kappa shape index (κ1) is 14.3. The lowest BCUT2D eigenvalue weighted by molar-refractivity contribution is -0.204. The molecule has 6 heteroatoms. The minimum atomic E-state index is -1.21. The topological polar surface area (TPSA) is 95.9 Å². The smallest absolute Gasteiger partial charge is 0.132 e. The van der Waals surface area contributed by atoms with Crippen molar-refractivity contribution >= 4 is 11.8 Å². The lowest BCUT2D eigenvalue weighted by Gasteiger charge is -2.43. The Kier molecular flexibility index (Phi) is 4.69. The highest BCUT2D eigenvalue weighted by Crippen LogP contribution is 2.32. The summed E-state index contributed by atoms with van der Waals surface area (Å²) < 4.78 is 5.68. The summed E-state index contributed by atoms with van der Waals surface area (Å²) in [6.07, 6.45) is 0.862. The number of rotatable bonds is 0. The van der Waals surface area contributed by atoms with E-state index in [4.69, 9.17) is 10.5 Å². The van der Waals surface area contributed by atoms with Crippen molar-refractivity contribution in [3.05, 3.63) is 12.2 Å². The van der Waals surface area contributed by atoms with Crippen molar-refractivity contribution in [3.63, 3.8) is 0 Å². The van der Waals surface area contributed by atoms with Crippen molar-refractivity contribution < 1.29 is 20.1 Å². The molecular formula is C12H21NO4S. The van der Waals surface area contributed by atoms with Gasteiger partial charge in [-0.1, -0.05) is 19.1 Å². The number of fused-ring (bicyclic) bond motifs is 2. The average Bonchev–Trinajstić information content (AvgIpc) is 2.36. The first-order valence-corrected chi connectivity index (χ1v) is 7.30. The van der Waals surface area contributed by atoms with Gasteiger partial charge in [0.15, 0.2) is 0 Å². The van der Waals surface area contributed by atoms with Crippen molar-refractivity contribution in [1.29, 1.82) is 0 Å². The summed E-state index contributed by atoms with van der Waals surface area (Å²) in [6.45, 7) is 1.96. The fraction of sp³-hybridized carbons (Fsp3) is 0.833. The van der Waals surface area contributed by atoms with Gasteiger partial charge in [0.25, 0.3) is 0 Å². The van der Waals surface area contributed by atoms with E-state index >= 15 is 0 Å². The second-order valence-electron chi connectivity index (χ2n) is 4.96. The summed E-state index contributed by atoms with van der Waals surface area (Å²) in [5.74, 6) is 0.853. The fourth-order valence-electron chi connectivity index (χ4n) is 2.32. The van der Waals surface area contributed by atoms with Crippen LogP contribution < -0.4 is 5.73 Å². The summed E-state index contributed by atoms with van der Waals surface area (Å²) in [4.78, 5) is 0. The van der Waals surface area contributed by atoms with Crippen LogP contribution in [0, 0.1) is 5.92 Å². The summed E-state index contributed by atoms with van der Waals surface area (Å²) >= 11 is 1.44. The summed E-state index contributed by atoms with van der Waals surface area (Å²) in [6, 6.07) is -0.403. The molecule has 104 valence electrons. The zero-order valence-electron chi connectivity index (χ0n) is 10.3. The predicted molar refractivity (Wildman–Crippen MR) is 70.0 cm³/mol. The lowest BCUT2D eigenvalue weighted by atomic mass is 9.88. The van der Waals surface area contributed by atoms with Crippen LogP contribution in [-0.2, 0) is 4.74 Å². The molecule has 5 unspecified atom stereocenters. The van der Waals surface area contributed by atoms with Crippen molar-refractivity contribution in [2.45, 2.75) is 49.2 Å². The van der Waals surface area contributed by atoms with Crippen molar-refractivity contribution in [3.8, 4) is 0 Å². The Balaban J connectivity index is 2.22. The predicted octanol–water partition coefficient (Wildman–Crippen LogP) is -0.550. The molecule has 0 aromatic rings. The molecule has 0 saturated carbocycles. The van der Waals surface area contributed by atoms with Gasteiger partial charge in [0.05, 0.1) is 0 Å². The Morgan fingerprint density at radius 3 is 2.67 bits per heavy atom. The average molecular weight is 275 g/mol. The van der Waals surface area contributed by atoms with Gasteiger partial charge in [0, 0.05) is 6.04 Å². The van der Waals surface area contributed by atoms with Crippen molar-refractivity contribution in [2.24, 2.45) is 11.7 Å². The number of thioether (sulfide) groups is 1. The standard InChI is InChI=1S/C12H21NO4S/c1-6-4-2-3-5-18-12-10(16)8(14)9(15)11(17-12)7(6)13/h2,4,6-12,14-16H,3,5,13H2,1H3/b4-2+/t6-,7+,8?,9?,10?,11?,12?/m0/s1. The maximum atomic E-state index is 9.98. The zero-order chi connectivity index (χ0) is 13.3. The van der Waals surface area contributed by atoms with E-state index in [1.54, 1.807) is 0 Å². The molecule has 2 aliphatic heterocycles. The Labute approximate surface area is 111 Å². The van der Waals surface area contributed by atoms with E-state index in [0.717, 1.165) is 12.2 Å². The van der Waals surface area contributed by atoms with Crippen LogP contribution in [0.4, 0.5) is 0 Å². The van der Waals surface area contributed by atoms with E-state index in [0.29, 0.717) is 0 Å². The van der Waals surface area contributed by atoms with Crippen LogP contribution in [0.2, 0.25) is 0 Å². The highest BCUT2D eigenvalue weighted by atomic mass is 32.2. The van der Waals surface area contributed by atoms with E-state index in [2.05, 4.69) is 6.08 Å². The van der Waals surface area contributed by atoms with E-state index in [1.807, 2.05) is 13.0 Å². The van der Waals surface area contributed by atoms with Crippen LogP contribution in [0.1, 0.15) is 13.3 Å². The van der Waals surface area contributed by atoms with Gasteiger partial charge < -0.3 is 25.8 Å². The quantitative estimate of drug-likeness (QED) is 0.443. The van der Waals surface area contributed by atoms with Gasteiger partial charge >= 0.3 is 0 Å². The third-order valence-corrected chi connectivity index (χ3v) is 4.79. The van der Waals surface area contributed by atoms with E-state index in [-0.39, 0.29) is 5.92 Å². The summed E-state index contributed by atoms with van der Waals surface area (Å²) in [5.41, 5.74) is 5.55. The molecule has 0 amide bonds. The number of aliphatic hydroxyl groups excluding tert-OH is 3. The number of allylic oxidation sites excluding steroid dienone is 1. The maximum absolute atomic E-state index is 9.98. The minimum absolute atomic E-state index is 0.0517. The van der Waals surface area contributed by atoms with Crippen LogP contribution in [0.25, 0.3) is 0 Å². The van der Waals surface area contributed by atoms with Gasteiger partial charge in [-0.25, -0.2) is 0 Å². The highest BCUT2D eigenvalue weighted by Gasteiger charge is 2.46. The molecule has 5 N–H and O–H groups in total. The Bertz CT molecular complexity index is 314. The van der Waals surface area contributed by atoms with E-state index < -0.39 is 35.9 Å². The largest absolute Gasteiger partial charge is 0.388 e. The van der Waals surface area contributed by atoms with E-state index in [9.17, 15) is 15.3 Å². The molecule has 1 saturated heterocycles. The van der Waals surface area contributed by atoms with Crippen molar-refractivity contribution in [2.75, 3.05) is 5.75 Å². The molecule has 0 aromatic heterocycles. The van der Waals surface area contributed by atoms with Crippen LogP contribution in [0.3, 0.4) is 0 Å². The van der Waals surface area contributed by atoms with Gasteiger partial charge in [0.1, 0.15) is 29.9 Å². The number of hydrogen-bond acceptors (Lipinski definition) is 6. The van der Waals surface area contributed by atoms with Gasteiger partial charge in [-0.3, -0.25) is 0 Å². The Morgan fingerprint density at radius 2 is 1.94 bits per heavy atom. The number of aliphatic hydroxyl groups is 3. The third-order valence-electron chi connectivity index (χ3n) is 3.60. The molecule has 2 heterocycles. The summed E-state index contributed by atoms with van der Waals surface area (Å²) in [7, 11) is 0. The minimum Gasteiger partial charge on any atom is -0.388 e. The second-order valence-corrected chi connectivity index (χ2v) is 6.17. The summed E-state index contributed by atoms with van der Waals surface area (Å²) in [5, 5.41) is 29.7. The molecule has 2 rings (SSSR count). The molecule has 5 nitrogen and oxygen atoms in total. The molecule has 7 atom stereocenters. The lowest BCUT2D eigenvalue weighted by Crippen LogP contribution is -2.62. The molecule has 0 aromatic carbocycles. The van der Waals surface area contributed by atoms with Gasteiger partial charge in [-0.15, -0.1) is 11.8 Å². The molecule has 0 spiro atoms. The van der Waals surface area contributed by atoms with Crippen LogP contribution in [0.15, 0.2) is 12.2 Å². The van der Waals surface area contributed by atoms with E-state index in [1.165, 1.54) is 11.8 Å². The van der Waals surface area contributed by atoms with Gasteiger partial charge in [0.2, 0.25) is 0 Å². The number of ether oxygens (including phenoxy) is 1. The highest BCUT2D eigenvalue weighted by molar-refractivity contribution is 7.99. The van der Waals surface area contributed by atoms with Crippen LogP contribution >= 0.6 is 11.8 Å². The van der Waals surface area contributed by atoms with Crippen LogP contribution in [-0.4, -0.2) is 57.0 Å². The monoisotopic (exact) mass is 275 g/mol. The molecule has 1 fully saturated rings. The first-order chi connectivity index (χ1) is 8.52. The number of hydrogen-bond donors (Lipinski definition) is 4. The maximum Gasteiger partial charge on any atom is 0.132 e. The molecule has 2 bridgehead atoms. The zero-order valence-corrected chi connectivity index (χ0v) is 11.2. The van der Waals surface area contributed by atoms with Gasteiger partial charge in [-0.05, 0) is 18.1 Å². The normalized spacial score (nSPS) is 51.7. The molecule has 2 aliphatic rings.